The van der Waals surface area contributed by atoms with Crippen LogP contribution in [0.15, 0.2) is 42.5 Å². The van der Waals surface area contributed by atoms with Gasteiger partial charge in [-0.15, -0.1) is 0 Å². The van der Waals surface area contributed by atoms with Crippen molar-refractivity contribution in [2.24, 2.45) is 7.05 Å². The van der Waals surface area contributed by atoms with Crippen molar-refractivity contribution >= 4 is 34.2 Å². The molecule has 3 aromatic rings. The Hall–Kier alpha value is -2.86. The summed E-state index contributed by atoms with van der Waals surface area (Å²) >= 11 is 6.21. The topological polar surface area (TPSA) is 85.4 Å². The molecule has 1 heterocycles. The summed E-state index contributed by atoms with van der Waals surface area (Å²) in [6.45, 7) is 0. The number of fused-ring (bicyclic) bond motifs is 1. The summed E-state index contributed by atoms with van der Waals surface area (Å²) in [4.78, 5) is 22.2. The van der Waals surface area contributed by atoms with Crippen molar-refractivity contribution in [2.75, 3.05) is 0 Å². The molecule has 7 heteroatoms. The molecule has 0 radical (unpaired) electrons. The van der Waals surface area contributed by atoms with Gasteiger partial charge in [-0.05, 0) is 12.1 Å². The summed E-state index contributed by atoms with van der Waals surface area (Å²) in [7, 11) is 1.61. The fourth-order valence-corrected chi connectivity index (χ4v) is 2.96. The predicted molar refractivity (Wildman–Crippen MR) is 87.0 cm³/mol. The molecule has 2 aromatic carbocycles. The summed E-state index contributed by atoms with van der Waals surface area (Å²) < 4.78 is 1.50. The Kier molecular flexibility index (Phi) is 3.54. The highest BCUT2D eigenvalue weighted by atomic mass is 35.5. The molecular weight excluding hydrogens is 320 g/mol. The van der Waals surface area contributed by atoms with Gasteiger partial charge in [-0.3, -0.25) is 10.1 Å². The zero-order valence-electron chi connectivity index (χ0n) is 12.0. The van der Waals surface area contributed by atoms with Crippen LogP contribution in [-0.4, -0.2) is 20.6 Å². The van der Waals surface area contributed by atoms with Crippen molar-refractivity contribution in [1.82, 2.24) is 4.57 Å². The fraction of sp³-hybridized carbons (Fsp3) is 0.0625. The summed E-state index contributed by atoms with van der Waals surface area (Å²) in [5, 5.41) is 21.5. The first-order valence-corrected chi connectivity index (χ1v) is 7.04. The normalized spacial score (nSPS) is 10.9. The van der Waals surface area contributed by atoms with Crippen LogP contribution < -0.4 is 0 Å². The minimum absolute atomic E-state index is 0.0357. The maximum Gasteiger partial charge on any atom is 0.353 e. The number of rotatable bonds is 3. The van der Waals surface area contributed by atoms with Gasteiger partial charge in [0.25, 0.3) is 5.69 Å². The Morgan fingerprint density at radius 1 is 1.26 bits per heavy atom. The lowest BCUT2D eigenvalue weighted by atomic mass is 10.0. The van der Waals surface area contributed by atoms with Crippen molar-refractivity contribution in [3.8, 4) is 11.1 Å². The van der Waals surface area contributed by atoms with Crippen LogP contribution in [0.3, 0.4) is 0 Å². The summed E-state index contributed by atoms with van der Waals surface area (Å²) in [6.07, 6.45) is 0. The zero-order valence-corrected chi connectivity index (χ0v) is 12.7. The number of carboxylic acids is 1. The van der Waals surface area contributed by atoms with E-state index in [9.17, 15) is 20.0 Å². The van der Waals surface area contributed by atoms with E-state index < -0.39 is 10.9 Å². The lowest BCUT2D eigenvalue weighted by Crippen LogP contribution is -2.05. The number of carboxylic acid groups (broad SMARTS) is 1. The third-order valence-electron chi connectivity index (χ3n) is 3.74. The first-order valence-electron chi connectivity index (χ1n) is 6.67. The minimum atomic E-state index is -1.12. The molecule has 116 valence electrons. The maximum absolute atomic E-state index is 11.7. The van der Waals surface area contributed by atoms with Gasteiger partial charge in [0.15, 0.2) is 0 Å². The van der Waals surface area contributed by atoms with E-state index in [1.54, 1.807) is 37.4 Å². The van der Waals surface area contributed by atoms with Crippen LogP contribution in [0.1, 0.15) is 10.5 Å². The SMILES string of the molecule is Cn1c(C(=O)O)c(-c2ccccc2Cl)c2cc([N+](=O)[O-])ccc21. The number of non-ortho nitro benzene ring substituents is 1. The molecule has 0 atom stereocenters. The molecule has 1 aromatic heterocycles. The van der Waals surface area contributed by atoms with Crippen molar-refractivity contribution in [2.45, 2.75) is 0 Å². The number of benzene rings is 2. The minimum Gasteiger partial charge on any atom is -0.477 e. The lowest BCUT2D eigenvalue weighted by molar-refractivity contribution is -0.384. The molecule has 0 amide bonds. The van der Waals surface area contributed by atoms with Gasteiger partial charge >= 0.3 is 5.97 Å². The molecule has 1 N–H and O–H groups in total. The first kappa shape index (κ1) is 15.1. The number of hydrogen-bond acceptors (Lipinski definition) is 3. The fourth-order valence-electron chi connectivity index (χ4n) is 2.73. The van der Waals surface area contributed by atoms with E-state index in [4.69, 9.17) is 11.6 Å². The molecule has 3 rings (SSSR count). The maximum atomic E-state index is 11.7. The highest BCUT2D eigenvalue weighted by Gasteiger charge is 2.24. The van der Waals surface area contributed by atoms with Crippen LogP contribution in [-0.2, 0) is 7.05 Å². The Morgan fingerprint density at radius 2 is 1.96 bits per heavy atom. The van der Waals surface area contributed by atoms with Crippen LogP contribution in [0.5, 0.6) is 0 Å². The molecule has 0 spiro atoms. The van der Waals surface area contributed by atoms with E-state index in [-0.39, 0.29) is 11.4 Å². The average Bonchev–Trinajstić information content (AvgIpc) is 2.80. The Labute approximate surface area is 135 Å². The Morgan fingerprint density at radius 3 is 2.57 bits per heavy atom. The van der Waals surface area contributed by atoms with Gasteiger partial charge in [-0.2, -0.15) is 0 Å². The van der Waals surface area contributed by atoms with Gasteiger partial charge < -0.3 is 9.67 Å². The highest BCUT2D eigenvalue weighted by molar-refractivity contribution is 6.34. The van der Waals surface area contributed by atoms with Gasteiger partial charge in [0.1, 0.15) is 5.69 Å². The molecular formula is C16H11ClN2O4. The number of halogens is 1. The van der Waals surface area contributed by atoms with Crippen LogP contribution in [0.4, 0.5) is 5.69 Å². The van der Waals surface area contributed by atoms with Crippen LogP contribution in [0.2, 0.25) is 5.02 Å². The van der Waals surface area contributed by atoms with Gasteiger partial charge in [0.2, 0.25) is 0 Å². The van der Waals surface area contributed by atoms with Crippen LogP contribution in [0.25, 0.3) is 22.0 Å². The molecule has 0 aliphatic carbocycles. The molecule has 0 saturated carbocycles. The smallest absolute Gasteiger partial charge is 0.353 e. The van der Waals surface area contributed by atoms with E-state index in [0.717, 1.165) is 0 Å². The highest BCUT2D eigenvalue weighted by Crippen LogP contribution is 2.39. The average molecular weight is 331 g/mol. The second-order valence-electron chi connectivity index (χ2n) is 5.03. The summed E-state index contributed by atoms with van der Waals surface area (Å²) in [5.41, 5.74) is 1.42. The van der Waals surface area contributed by atoms with Gasteiger partial charge in [0.05, 0.1) is 4.92 Å². The summed E-state index contributed by atoms with van der Waals surface area (Å²) in [6, 6.07) is 11.1. The first-order chi connectivity index (χ1) is 10.9. The number of nitrogens with zero attached hydrogens (tertiary/aromatic N) is 2. The lowest BCUT2D eigenvalue weighted by Gasteiger charge is -2.05. The monoisotopic (exact) mass is 330 g/mol. The molecule has 0 unspecified atom stereocenters. The van der Waals surface area contributed by atoms with Crippen molar-refractivity contribution in [3.05, 3.63) is 63.3 Å². The quantitative estimate of drug-likeness (QED) is 0.578. The molecule has 6 nitrogen and oxygen atoms in total. The molecule has 0 fully saturated rings. The van der Waals surface area contributed by atoms with Crippen molar-refractivity contribution < 1.29 is 14.8 Å². The number of carbonyl (C=O) groups is 1. The standard InChI is InChI=1S/C16H11ClN2O4/c1-18-13-7-6-9(19(22)23)8-11(13)14(15(18)16(20)21)10-4-2-3-5-12(10)17/h2-8H,1H3,(H,20,21). The van der Waals surface area contributed by atoms with Gasteiger partial charge in [-0.25, -0.2) is 4.79 Å². The number of aromatic nitrogens is 1. The second kappa shape index (κ2) is 5.40. The van der Waals surface area contributed by atoms with Crippen molar-refractivity contribution in [3.63, 3.8) is 0 Å². The van der Waals surface area contributed by atoms with E-state index >= 15 is 0 Å². The third kappa shape index (κ3) is 2.33. The Bertz CT molecular complexity index is 962. The molecule has 0 bridgehead atoms. The van der Waals surface area contributed by atoms with Crippen LogP contribution >= 0.6 is 11.6 Å². The molecule has 0 aliphatic rings. The number of hydrogen-bond donors (Lipinski definition) is 1. The largest absolute Gasteiger partial charge is 0.477 e. The third-order valence-corrected chi connectivity index (χ3v) is 4.07. The van der Waals surface area contributed by atoms with E-state index in [2.05, 4.69) is 0 Å². The van der Waals surface area contributed by atoms with E-state index in [0.29, 0.717) is 27.1 Å². The summed E-state index contributed by atoms with van der Waals surface area (Å²) in [5.74, 6) is -1.12. The number of aryl methyl sites for hydroxylation is 1. The van der Waals surface area contributed by atoms with Gasteiger partial charge in [0, 0.05) is 46.2 Å². The molecule has 0 aliphatic heterocycles. The van der Waals surface area contributed by atoms with Crippen LogP contribution in [0, 0.1) is 10.1 Å². The predicted octanol–water partition coefficient (Wildman–Crippen LogP) is 4.11. The number of nitro benzene ring substituents is 1. The van der Waals surface area contributed by atoms with Gasteiger partial charge in [-0.1, -0.05) is 29.8 Å². The molecule has 23 heavy (non-hydrogen) atoms. The van der Waals surface area contributed by atoms with Crippen molar-refractivity contribution in [1.29, 1.82) is 0 Å². The zero-order chi connectivity index (χ0) is 16.7. The van der Waals surface area contributed by atoms with E-state index in [1.807, 2.05) is 0 Å². The number of aromatic carboxylic acids is 1. The Balaban J connectivity index is 2.48. The van der Waals surface area contributed by atoms with E-state index in [1.165, 1.54) is 16.7 Å². The second-order valence-corrected chi connectivity index (χ2v) is 5.43. The number of nitro groups is 1. The molecule has 0 saturated heterocycles.